The second-order valence-corrected chi connectivity index (χ2v) is 4.99. The van der Waals surface area contributed by atoms with Gasteiger partial charge in [0, 0.05) is 31.8 Å². The number of pyridine rings is 1. The highest BCUT2D eigenvalue weighted by molar-refractivity contribution is 14.1. The molecule has 1 aromatic carbocycles. The van der Waals surface area contributed by atoms with Gasteiger partial charge in [0.2, 0.25) is 0 Å². The molecular formula is C9H4BrIN2O2. The van der Waals surface area contributed by atoms with Crippen LogP contribution in [0.1, 0.15) is 0 Å². The molecule has 2 aromatic rings. The molecule has 2 rings (SSSR count). The lowest BCUT2D eigenvalue weighted by Crippen LogP contribution is -1.91. The molecule has 0 atom stereocenters. The largest absolute Gasteiger partial charge is 0.271 e. The van der Waals surface area contributed by atoms with Crippen LogP contribution in [0.3, 0.4) is 0 Å². The molecular weight excluding hydrogens is 375 g/mol. The third kappa shape index (κ3) is 2.10. The average molecular weight is 379 g/mol. The number of rotatable bonds is 1. The molecule has 4 nitrogen and oxygen atoms in total. The first-order valence-electron chi connectivity index (χ1n) is 3.97. The summed E-state index contributed by atoms with van der Waals surface area (Å²) in [6.45, 7) is 0. The van der Waals surface area contributed by atoms with E-state index in [0.29, 0.717) is 0 Å². The Labute approximate surface area is 107 Å². The van der Waals surface area contributed by atoms with Gasteiger partial charge in [-0.15, -0.1) is 0 Å². The highest BCUT2D eigenvalue weighted by Gasteiger charge is 2.10. The molecule has 6 heteroatoms. The summed E-state index contributed by atoms with van der Waals surface area (Å²) in [5, 5.41) is 11.4. The van der Waals surface area contributed by atoms with Crippen molar-refractivity contribution in [2.24, 2.45) is 0 Å². The molecule has 0 saturated heterocycles. The van der Waals surface area contributed by atoms with Crippen molar-refractivity contribution in [2.45, 2.75) is 0 Å². The van der Waals surface area contributed by atoms with Crippen LogP contribution in [-0.2, 0) is 0 Å². The number of nitro groups is 1. The van der Waals surface area contributed by atoms with E-state index >= 15 is 0 Å². The average Bonchev–Trinajstić information content (AvgIpc) is 2.16. The summed E-state index contributed by atoms with van der Waals surface area (Å²) in [7, 11) is 0. The number of hydrogen-bond acceptors (Lipinski definition) is 3. The number of hydrogen-bond donors (Lipinski definition) is 0. The van der Waals surface area contributed by atoms with Crippen LogP contribution in [0.4, 0.5) is 5.69 Å². The van der Waals surface area contributed by atoms with Gasteiger partial charge in [-0.3, -0.25) is 15.1 Å². The van der Waals surface area contributed by atoms with Crippen molar-refractivity contribution in [2.75, 3.05) is 0 Å². The minimum atomic E-state index is -0.400. The van der Waals surface area contributed by atoms with Crippen molar-refractivity contribution < 1.29 is 4.92 Å². The van der Waals surface area contributed by atoms with Gasteiger partial charge in [0.05, 0.1) is 10.4 Å². The topological polar surface area (TPSA) is 56.0 Å². The first kappa shape index (κ1) is 10.7. The van der Waals surface area contributed by atoms with E-state index in [1.165, 1.54) is 12.1 Å². The monoisotopic (exact) mass is 378 g/mol. The summed E-state index contributed by atoms with van der Waals surface area (Å²) in [6.07, 6.45) is 1.68. The molecule has 0 saturated carbocycles. The fourth-order valence-corrected chi connectivity index (χ4v) is 2.39. The number of nitro benzene ring substituents is 1. The molecule has 0 radical (unpaired) electrons. The number of non-ortho nitro benzene ring substituents is 1. The Morgan fingerprint density at radius 3 is 2.80 bits per heavy atom. The van der Waals surface area contributed by atoms with Crippen LogP contribution in [0, 0.1) is 13.7 Å². The number of fused-ring (bicyclic) bond motifs is 1. The fourth-order valence-electron chi connectivity index (χ4n) is 1.27. The standard InChI is InChI=1S/C9H4BrIN2O2/c10-6-1-5-2-7(13(14)15)3-8(11)9(5)12-4-6/h1-4H. The maximum absolute atomic E-state index is 10.7. The Morgan fingerprint density at radius 1 is 1.40 bits per heavy atom. The first-order chi connectivity index (χ1) is 7.08. The number of benzene rings is 1. The molecule has 0 aliphatic rings. The maximum atomic E-state index is 10.7. The Morgan fingerprint density at radius 2 is 2.13 bits per heavy atom. The SMILES string of the molecule is O=[N+]([O-])c1cc(I)c2ncc(Br)cc2c1. The Bertz CT molecular complexity index is 559. The van der Waals surface area contributed by atoms with E-state index in [0.717, 1.165) is 18.9 Å². The van der Waals surface area contributed by atoms with Gasteiger partial charge in [-0.1, -0.05) is 0 Å². The molecule has 0 bridgehead atoms. The summed E-state index contributed by atoms with van der Waals surface area (Å²) in [4.78, 5) is 14.5. The lowest BCUT2D eigenvalue weighted by atomic mass is 10.2. The zero-order valence-corrected chi connectivity index (χ0v) is 11.0. The van der Waals surface area contributed by atoms with Gasteiger partial charge in [0.25, 0.3) is 5.69 Å². The van der Waals surface area contributed by atoms with Crippen molar-refractivity contribution in [3.8, 4) is 0 Å². The van der Waals surface area contributed by atoms with Gasteiger partial charge in [-0.2, -0.15) is 0 Å². The molecule has 0 spiro atoms. The van der Waals surface area contributed by atoms with Gasteiger partial charge < -0.3 is 0 Å². The highest BCUT2D eigenvalue weighted by Crippen LogP contribution is 2.26. The fraction of sp³-hybridized carbons (Fsp3) is 0. The van der Waals surface area contributed by atoms with E-state index in [2.05, 4.69) is 20.9 Å². The number of halogens is 2. The number of aromatic nitrogens is 1. The number of nitrogens with zero attached hydrogens (tertiary/aromatic N) is 2. The van der Waals surface area contributed by atoms with Gasteiger partial charge in [0.1, 0.15) is 0 Å². The third-order valence-electron chi connectivity index (χ3n) is 1.90. The van der Waals surface area contributed by atoms with Crippen molar-refractivity contribution in [1.82, 2.24) is 4.98 Å². The smallest absolute Gasteiger partial charge is 0.258 e. The summed E-state index contributed by atoms with van der Waals surface area (Å²) in [5.41, 5.74) is 0.871. The lowest BCUT2D eigenvalue weighted by molar-refractivity contribution is -0.384. The molecule has 76 valence electrons. The minimum absolute atomic E-state index is 0.0896. The Kier molecular flexibility index (Phi) is 2.87. The molecule has 15 heavy (non-hydrogen) atoms. The molecule has 0 N–H and O–H groups in total. The van der Waals surface area contributed by atoms with E-state index in [1.54, 1.807) is 6.20 Å². The second-order valence-electron chi connectivity index (χ2n) is 2.91. The predicted octanol–water partition coefficient (Wildman–Crippen LogP) is 3.51. The van der Waals surface area contributed by atoms with E-state index in [-0.39, 0.29) is 5.69 Å². The highest BCUT2D eigenvalue weighted by atomic mass is 127. The van der Waals surface area contributed by atoms with E-state index in [4.69, 9.17) is 0 Å². The van der Waals surface area contributed by atoms with Crippen LogP contribution in [0.15, 0.2) is 28.9 Å². The molecule has 0 aliphatic heterocycles. The second kappa shape index (κ2) is 4.01. The van der Waals surface area contributed by atoms with Crippen molar-refractivity contribution in [3.05, 3.63) is 42.6 Å². The molecule has 1 heterocycles. The van der Waals surface area contributed by atoms with Gasteiger partial charge in [-0.05, 0) is 44.6 Å². The predicted molar refractivity (Wildman–Crippen MR) is 68.8 cm³/mol. The van der Waals surface area contributed by atoms with Crippen molar-refractivity contribution >= 4 is 55.1 Å². The zero-order valence-electron chi connectivity index (χ0n) is 7.28. The molecule has 1 aromatic heterocycles. The molecule has 0 unspecified atom stereocenters. The quantitative estimate of drug-likeness (QED) is 0.433. The summed E-state index contributed by atoms with van der Waals surface area (Å²) in [6, 6.07) is 4.86. The third-order valence-corrected chi connectivity index (χ3v) is 3.15. The van der Waals surface area contributed by atoms with Crippen molar-refractivity contribution in [1.29, 1.82) is 0 Å². The van der Waals surface area contributed by atoms with Crippen LogP contribution in [0.25, 0.3) is 10.9 Å². The maximum Gasteiger partial charge on any atom is 0.271 e. The van der Waals surface area contributed by atoms with Gasteiger partial charge in [-0.25, -0.2) is 0 Å². The summed E-state index contributed by atoms with van der Waals surface area (Å²) >= 11 is 5.33. The van der Waals surface area contributed by atoms with Crippen LogP contribution in [0.2, 0.25) is 0 Å². The van der Waals surface area contributed by atoms with E-state index < -0.39 is 4.92 Å². The van der Waals surface area contributed by atoms with Crippen molar-refractivity contribution in [3.63, 3.8) is 0 Å². The Hall–Kier alpha value is -0.760. The van der Waals surface area contributed by atoms with E-state index in [9.17, 15) is 10.1 Å². The minimum Gasteiger partial charge on any atom is -0.258 e. The van der Waals surface area contributed by atoms with Crippen LogP contribution in [-0.4, -0.2) is 9.91 Å². The first-order valence-corrected chi connectivity index (χ1v) is 5.84. The molecule has 0 aliphatic carbocycles. The van der Waals surface area contributed by atoms with Gasteiger partial charge in [0.15, 0.2) is 0 Å². The zero-order chi connectivity index (χ0) is 11.0. The van der Waals surface area contributed by atoms with Crippen LogP contribution in [0.5, 0.6) is 0 Å². The summed E-state index contributed by atoms with van der Waals surface area (Å²) in [5.74, 6) is 0. The van der Waals surface area contributed by atoms with Gasteiger partial charge >= 0.3 is 0 Å². The summed E-state index contributed by atoms with van der Waals surface area (Å²) < 4.78 is 1.59. The normalized spacial score (nSPS) is 10.5. The Balaban J connectivity index is 2.79. The van der Waals surface area contributed by atoms with Crippen LogP contribution < -0.4 is 0 Å². The molecule has 0 fully saturated rings. The lowest BCUT2D eigenvalue weighted by Gasteiger charge is -2.00. The van der Waals surface area contributed by atoms with E-state index in [1.807, 2.05) is 28.7 Å². The van der Waals surface area contributed by atoms with Crippen LogP contribution >= 0.6 is 38.5 Å². The molecule has 0 amide bonds.